The molecule has 1 aliphatic heterocycles. The Balaban J connectivity index is 1.36. The van der Waals surface area contributed by atoms with E-state index in [1.807, 2.05) is 31.2 Å². The smallest absolute Gasteiger partial charge is 0.238 e. The number of anilines is 1. The van der Waals surface area contributed by atoms with Crippen molar-refractivity contribution in [1.29, 1.82) is 0 Å². The molecule has 0 aliphatic carbocycles. The molecule has 2 aromatic rings. The number of nitrogens with two attached hydrogens (primary N) is 1. The van der Waals surface area contributed by atoms with Crippen molar-refractivity contribution in [2.75, 3.05) is 31.5 Å². The number of rotatable bonds is 8. The number of likely N-dealkylation sites (tertiary alicyclic amines) is 1. The molecule has 0 bridgehead atoms. The molecule has 0 unspecified atom stereocenters. The van der Waals surface area contributed by atoms with Crippen LogP contribution in [0.3, 0.4) is 0 Å². The number of hydrogen-bond donors (Lipinski definition) is 3. The summed E-state index contributed by atoms with van der Waals surface area (Å²) in [6.45, 7) is 4.20. The molecule has 1 fully saturated rings. The van der Waals surface area contributed by atoms with Crippen LogP contribution in [0.4, 0.5) is 5.69 Å². The summed E-state index contributed by atoms with van der Waals surface area (Å²) in [7, 11) is -3.70. The van der Waals surface area contributed by atoms with E-state index in [2.05, 4.69) is 15.5 Å². The fourth-order valence-electron chi connectivity index (χ4n) is 3.71. The molecule has 1 heterocycles. The summed E-state index contributed by atoms with van der Waals surface area (Å²) >= 11 is 0. The van der Waals surface area contributed by atoms with Gasteiger partial charge in [0.15, 0.2) is 0 Å². The minimum atomic E-state index is -3.70. The fourth-order valence-corrected chi connectivity index (χ4v) is 4.23. The van der Waals surface area contributed by atoms with Crippen molar-refractivity contribution in [1.82, 2.24) is 10.2 Å². The van der Waals surface area contributed by atoms with Gasteiger partial charge in [-0.2, -0.15) is 0 Å². The number of nitrogens with zero attached hydrogens (tertiary/aromatic N) is 1. The minimum absolute atomic E-state index is 0.0231. The molecule has 172 valence electrons. The molecule has 3 rings (SSSR count). The maximum atomic E-state index is 12.5. The Bertz CT molecular complexity index is 1030. The molecule has 2 aromatic carbocycles. The molecular formula is C23H30N4O4S. The van der Waals surface area contributed by atoms with Crippen LogP contribution in [0.15, 0.2) is 53.4 Å². The van der Waals surface area contributed by atoms with E-state index >= 15 is 0 Å². The zero-order chi connectivity index (χ0) is 23.1. The highest BCUT2D eigenvalue weighted by Gasteiger charge is 2.25. The Morgan fingerprint density at radius 1 is 1.03 bits per heavy atom. The zero-order valence-electron chi connectivity index (χ0n) is 18.2. The quantitative estimate of drug-likeness (QED) is 0.555. The monoisotopic (exact) mass is 458 g/mol. The van der Waals surface area contributed by atoms with Gasteiger partial charge in [0.2, 0.25) is 21.8 Å². The molecular weight excluding hydrogens is 428 g/mol. The number of sulfonamides is 1. The average Bonchev–Trinajstić information content (AvgIpc) is 2.75. The van der Waals surface area contributed by atoms with Crippen LogP contribution in [0.2, 0.25) is 0 Å². The molecule has 9 heteroatoms. The second-order valence-corrected chi connectivity index (χ2v) is 9.76. The summed E-state index contributed by atoms with van der Waals surface area (Å²) in [6.07, 6.45) is 2.04. The van der Waals surface area contributed by atoms with Gasteiger partial charge in [-0.1, -0.05) is 29.8 Å². The third-order valence-corrected chi connectivity index (χ3v) is 6.55. The molecule has 0 saturated carbocycles. The Morgan fingerprint density at radius 3 is 2.25 bits per heavy atom. The lowest BCUT2D eigenvalue weighted by Gasteiger charge is -2.30. The highest BCUT2D eigenvalue weighted by Crippen LogP contribution is 2.18. The Morgan fingerprint density at radius 2 is 1.66 bits per heavy atom. The van der Waals surface area contributed by atoms with Crippen molar-refractivity contribution in [3.63, 3.8) is 0 Å². The molecule has 0 aromatic heterocycles. The van der Waals surface area contributed by atoms with Gasteiger partial charge in [0.1, 0.15) is 0 Å². The lowest BCUT2D eigenvalue weighted by molar-refractivity contribution is -0.126. The van der Waals surface area contributed by atoms with Crippen LogP contribution in [0, 0.1) is 12.8 Å². The Hall–Kier alpha value is -2.75. The third-order valence-electron chi connectivity index (χ3n) is 5.63. The van der Waals surface area contributed by atoms with Crippen molar-refractivity contribution >= 4 is 27.5 Å². The van der Waals surface area contributed by atoms with Crippen LogP contribution in [0.5, 0.6) is 0 Å². The van der Waals surface area contributed by atoms with Crippen LogP contribution in [0.25, 0.3) is 0 Å². The van der Waals surface area contributed by atoms with E-state index in [-0.39, 0.29) is 22.6 Å². The van der Waals surface area contributed by atoms with Crippen LogP contribution < -0.4 is 15.8 Å². The fraction of sp³-hybridized carbons (Fsp3) is 0.391. The van der Waals surface area contributed by atoms with E-state index in [0.29, 0.717) is 45.4 Å². The molecule has 1 aliphatic rings. The number of amides is 2. The van der Waals surface area contributed by atoms with Gasteiger partial charge >= 0.3 is 0 Å². The highest BCUT2D eigenvalue weighted by molar-refractivity contribution is 7.89. The van der Waals surface area contributed by atoms with E-state index in [4.69, 9.17) is 5.14 Å². The Kier molecular flexibility index (Phi) is 8.00. The molecule has 0 radical (unpaired) electrons. The summed E-state index contributed by atoms with van der Waals surface area (Å²) in [5, 5.41) is 11.0. The lowest BCUT2D eigenvalue weighted by Crippen LogP contribution is -2.43. The first-order valence-corrected chi connectivity index (χ1v) is 12.2. The average molecular weight is 459 g/mol. The maximum absolute atomic E-state index is 12.5. The van der Waals surface area contributed by atoms with Gasteiger partial charge in [-0.3, -0.25) is 14.5 Å². The summed E-state index contributed by atoms with van der Waals surface area (Å²) in [6, 6.07) is 14.0. The number of benzene rings is 2. The van der Waals surface area contributed by atoms with Gasteiger partial charge < -0.3 is 10.6 Å². The summed E-state index contributed by atoms with van der Waals surface area (Å²) in [5.41, 5.74) is 2.85. The van der Waals surface area contributed by atoms with E-state index < -0.39 is 10.0 Å². The van der Waals surface area contributed by atoms with E-state index in [9.17, 15) is 18.0 Å². The van der Waals surface area contributed by atoms with Crippen LogP contribution in [-0.4, -0.2) is 51.3 Å². The number of hydrogen-bond acceptors (Lipinski definition) is 5. The molecule has 8 nitrogen and oxygen atoms in total. The van der Waals surface area contributed by atoms with Crippen LogP contribution >= 0.6 is 0 Å². The van der Waals surface area contributed by atoms with E-state index in [1.54, 1.807) is 12.1 Å². The van der Waals surface area contributed by atoms with E-state index in [1.165, 1.54) is 12.1 Å². The van der Waals surface area contributed by atoms with Crippen LogP contribution in [-0.2, 0) is 26.0 Å². The van der Waals surface area contributed by atoms with Gasteiger partial charge in [-0.05, 0) is 69.1 Å². The number of aryl methyl sites for hydroxylation is 1. The topological polar surface area (TPSA) is 122 Å². The predicted octanol–water partition coefficient (Wildman–Crippen LogP) is 1.65. The number of primary sulfonamides is 1. The first-order valence-electron chi connectivity index (χ1n) is 10.7. The molecule has 1 saturated heterocycles. The summed E-state index contributed by atoms with van der Waals surface area (Å²) < 4.78 is 22.6. The van der Waals surface area contributed by atoms with Crippen molar-refractivity contribution in [3.8, 4) is 0 Å². The number of nitrogens with one attached hydrogen (secondary N) is 2. The second kappa shape index (κ2) is 10.7. The molecule has 2 amide bonds. The van der Waals surface area contributed by atoms with Gasteiger partial charge in [-0.25, -0.2) is 13.6 Å². The number of carbonyl (C=O) groups is 2. The molecule has 0 atom stereocenters. The van der Waals surface area contributed by atoms with Gasteiger partial charge in [0.25, 0.3) is 0 Å². The third kappa shape index (κ3) is 7.15. The van der Waals surface area contributed by atoms with Crippen molar-refractivity contribution < 1.29 is 18.0 Å². The van der Waals surface area contributed by atoms with E-state index in [0.717, 1.165) is 16.8 Å². The molecule has 4 N–H and O–H groups in total. The first-order chi connectivity index (χ1) is 15.2. The second-order valence-electron chi connectivity index (χ2n) is 8.19. The zero-order valence-corrected chi connectivity index (χ0v) is 19.0. The lowest BCUT2D eigenvalue weighted by atomic mass is 9.96. The predicted molar refractivity (Wildman–Crippen MR) is 124 cm³/mol. The first kappa shape index (κ1) is 23.9. The van der Waals surface area contributed by atoms with Crippen LogP contribution in [0.1, 0.15) is 24.0 Å². The highest BCUT2D eigenvalue weighted by atomic mass is 32.2. The van der Waals surface area contributed by atoms with Crippen molar-refractivity contribution in [3.05, 3.63) is 59.7 Å². The van der Waals surface area contributed by atoms with Gasteiger partial charge in [-0.15, -0.1) is 0 Å². The maximum Gasteiger partial charge on any atom is 0.238 e. The largest absolute Gasteiger partial charge is 0.356 e. The van der Waals surface area contributed by atoms with Gasteiger partial charge in [0.05, 0.1) is 11.4 Å². The molecule has 32 heavy (non-hydrogen) atoms. The van der Waals surface area contributed by atoms with Crippen molar-refractivity contribution in [2.24, 2.45) is 11.1 Å². The van der Waals surface area contributed by atoms with Crippen molar-refractivity contribution in [2.45, 2.75) is 31.1 Å². The Labute approximate surface area is 189 Å². The normalized spacial score (nSPS) is 15.3. The number of carbonyl (C=O) groups excluding carboxylic acids is 2. The standard InChI is InChI=1S/C23H30N4O4S/c1-17-2-6-20(7-3-17)26-22(28)16-27-14-11-19(12-15-27)23(29)25-13-10-18-4-8-21(9-5-18)32(24,30)31/h2-9,19H,10-16H2,1H3,(H,25,29)(H,26,28)(H2,24,30,31). The SMILES string of the molecule is Cc1ccc(NC(=O)CN2CCC(C(=O)NCCc3ccc(S(N)(=O)=O)cc3)CC2)cc1. The van der Waals surface area contributed by atoms with Gasteiger partial charge in [0, 0.05) is 18.2 Å². The summed E-state index contributed by atoms with van der Waals surface area (Å²) in [4.78, 5) is 26.9. The number of piperidine rings is 1. The molecule has 0 spiro atoms. The minimum Gasteiger partial charge on any atom is -0.356 e. The summed E-state index contributed by atoms with van der Waals surface area (Å²) in [5.74, 6) is -0.0868.